The normalized spacial score (nSPS) is 14.3. The standard InChI is InChI=1S/C22H22FNO7/c1-13(4-2-3-5-20(26)27)21(14-6-8-17(25)16(23)10-14)31-22(28)24-15-7-9-18-19(11-15)30-12-29-18/h3,5-11,13,21,25H,2,4,12H2,1H3,(H,24,28)(H,26,27)/b5-3+/t13-,21+/m1/s1. The maximum atomic E-state index is 13.9. The van der Waals surface area contributed by atoms with E-state index < -0.39 is 29.7 Å². The van der Waals surface area contributed by atoms with Gasteiger partial charge in [0.25, 0.3) is 0 Å². The van der Waals surface area contributed by atoms with E-state index in [2.05, 4.69) is 5.32 Å². The third-order valence-electron chi connectivity index (χ3n) is 4.72. The van der Waals surface area contributed by atoms with E-state index in [0.29, 0.717) is 35.6 Å². The van der Waals surface area contributed by atoms with E-state index in [1.54, 1.807) is 25.1 Å². The number of carboxylic acids is 1. The molecule has 0 aliphatic carbocycles. The van der Waals surface area contributed by atoms with Crippen LogP contribution in [0.15, 0.2) is 48.6 Å². The van der Waals surface area contributed by atoms with Crippen LogP contribution in [0.4, 0.5) is 14.9 Å². The van der Waals surface area contributed by atoms with Gasteiger partial charge < -0.3 is 24.4 Å². The molecule has 2 atom stereocenters. The number of anilines is 1. The molecular formula is C22H22FNO7. The largest absolute Gasteiger partial charge is 0.505 e. The van der Waals surface area contributed by atoms with Crippen LogP contribution in [0, 0.1) is 11.7 Å². The van der Waals surface area contributed by atoms with Crippen LogP contribution in [-0.4, -0.2) is 29.1 Å². The second-order valence-electron chi connectivity index (χ2n) is 7.03. The van der Waals surface area contributed by atoms with Crippen LogP contribution < -0.4 is 14.8 Å². The van der Waals surface area contributed by atoms with Gasteiger partial charge in [0, 0.05) is 17.8 Å². The maximum Gasteiger partial charge on any atom is 0.412 e. The maximum absolute atomic E-state index is 13.9. The molecule has 1 amide bonds. The van der Waals surface area contributed by atoms with Gasteiger partial charge in [-0.1, -0.05) is 19.1 Å². The zero-order valence-corrected chi connectivity index (χ0v) is 16.7. The molecule has 0 bridgehead atoms. The lowest BCUT2D eigenvalue weighted by molar-refractivity contribution is -0.131. The molecule has 0 spiro atoms. The van der Waals surface area contributed by atoms with Gasteiger partial charge in [-0.3, -0.25) is 5.32 Å². The Labute approximate surface area is 177 Å². The summed E-state index contributed by atoms with van der Waals surface area (Å²) < 4.78 is 30.0. The Balaban J connectivity index is 1.72. The third kappa shape index (κ3) is 5.88. The summed E-state index contributed by atoms with van der Waals surface area (Å²) in [6, 6.07) is 8.65. The molecule has 2 aromatic carbocycles. The number of phenolic OH excluding ortho intramolecular Hbond substituents is 1. The molecule has 31 heavy (non-hydrogen) atoms. The van der Waals surface area contributed by atoms with Crippen molar-refractivity contribution in [3.63, 3.8) is 0 Å². The van der Waals surface area contributed by atoms with Crippen molar-refractivity contribution in [1.29, 1.82) is 0 Å². The predicted octanol–water partition coefficient (Wildman–Crippen LogP) is 4.61. The van der Waals surface area contributed by atoms with Crippen molar-refractivity contribution in [2.24, 2.45) is 5.92 Å². The zero-order chi connectivity index (χ0) is 22.4. The number of hydrogen-bond acceptors (Lipinski definition) is 6. The van der Waals surface area contributed by atoms with E-state index in [1.807, 2.05) is 0 Å². The molecule has 0 saturated carbocycles. The van der Waals surface area contributed by atoms with Crippen LogP contribution in [0.3, 0.4) is 0 Å². The molecule has 0 unspecified atom stereocenters. The summed E-state index contributed by atoms with van der Waals surface area (Å²) in [6.07, 6.45) is 1.86. The van der Waals surface area contributed by atoms with E-state index in [1.165, 1.54) is 18.2 Å². The third-order valence-corrected chi connectivity index (χ3v) is 4.72. The van der Waals surface area contributed by atoms with Gasteiger partial charge in [0.1, 0.15) is 6.10 Å². The lowest BCUT2D eigenvalue weighted by atomic mass is 9.93. The first-order valence-corrected chi connectivity index (χ1v) is 9.58. The van der Waals surface area contributed by atoms with Gasteiger partial charge in [-0.05, 0) is 48.6 Å². The van der Waals surface area contributed by atoms with E-state index in [-0.39, 0.29) is 12.7 Å². The van der Waals surface area contributed by atoms with Gasteiger partial charge in [-0.2, -0.15) is 0 Å². The van der Waals surface area contributed by atoms with Crippen molar-refractivity contribution in [1.82, 2.24) is 0 Å². The number of carbonyl (C=O) groups is 2. The predicted molar refractivity (Wildman–Crippen MR) is 109 cm³/mol. The van der Waals surface area contributed by atoms with Crippen molar-refractivity contribution in [2.75, 3.05) is 12.1 Å². The molecule has 0 aromatic heterocycles. The molecule has 3 N–H and O–H groups in total. The molecule has 1 aliphatic heterocycles. The van der Waals surface area contributed by atoms with Crippen molar-refractivity contribution >= 4 is 17.7 Å². The van der Waals surface area contributed by atoms with Crippen molar-refractivity contribution in [3.8, 4) is 17.2 Å². The van der Waals surface area contributed by atoms with E-state index >= 15 is 0 Å². The highest BCUT2D eigenvalue weighted by Gasteiger charge is 2.25. The highest BCUT2D eigenvalue weighted by atomic mass is 19.1. The van der Waals surface area contributed by atoms with Crippen LogP contribution in [0.2, 0.25) is 0 Å². The number of allylic oxidation sites excluding steroid dienone is 1. The molecule has 3 rings (SSSR count). The van der Waals surface area contributed by atoms with Gasteiger partial charge in [0.15, 0.2) is 23.1 Å². The lowest BCUT2D eigenvalue weighted by Gasteiger charge is -2.25. The Hall–Kier alpha value is -3.75. The quantitative estimate of drug-likeness (QED) is 0.523. The molecular weight excluding hydrogens is 409 g/mol. The SMILES string of the molecule is C[C@H](CC/C=C/C(=O)O)[C@H](OC(=O)Nc1ccc2c(c1)OCO2)c1ccc(O)c(F)c1. The molecule has 1 aliphatic rings. The van der Waals surface area contributed by atoms with Crippen LogP contribution in [0.25, 0.3) is 0 Å². The Morgan fingerprint density at radius 1 is 1.23 bits per heavy atom. The molecule has 0 saturated heterocycles. The number of amides is 1. The monoisotopic (exact) mass is 431 g/mol. The smallest absolute Gasteiger partial charge is 0.412 e. The second-order valence-corrected chi connectivity index (χ2v) is 7.03. The number of ether oxygens (including phenoxy) is 3. The zero-order valence-electron chi connectivity index (χ0n) is 16.7. The van der Waals surface area contributed by atoms with Crippen molar-refractivity contribution in [2.45, 2.75) is 25.9 Å². The second kappa shape index (κ2) is 9.84. The summed E-state index contributed by atoms with van der Waals surface area (Å²) in [5.41, 5.74) is 0.799. The summed E-state index contributed by atoms with van der Waals surface area (Å²) in [7, 11) is 0. The number of benzene rings is 2. The summed E-state index contributed by atoms with van der Waals surface area (Å²) in [5, 5.41) is 20.8. The number of carbonyl (C=O) groups excluding carboxylic acids is 1. The molecule has 0 fully saturated rings. The van der Waals surface area contributed by atoms with Gasteiger partial charge in [0.05, 0.1) is 0 Å². The number of nitrogens with one attached hydrogen (secondary N) is 1. The van der Waals surface area contributed by atoms with Gasteiger partial charge >= 0.3 is 12.1 Å². The van der Waals surface area contributed by atoms with E-state index in [0.717, 1.165) is 12.1 Å². The Morgan fingerprint density at radius 2 is 2.00 bits per heavy atom. The summed E-state index contributed by atoms with van der Waals surface area (Å²) in [4.78, 5) is 23.1. The number of fused-ring (bicyclic) bond motifs is 1. The number of phenols is 1. The Morgan fingerprint density at radius 3 is 2.74 bits per heavy atom. The number of aliphatic carboxylic acids is 1. The number of rotatable bonds is 8. The highest BCUT2D eigenvalue weighted by Crippen LogP contribution is 2.35. The minimum atomic E-state index is -1.05. The van der Waals surface area contributed by atoms with Crippen LogP contribution in [-0.2, 0) is 9.53 Å². The first-order valence-electron chi connectivity index (χ1n) is 9.58. The van der Waals surface area contributed by atoms with E-state index in [4.69, 9.17) is 19.3 Å². The molecule has 8 nitrogen and oxygen atoms in total. The van der Waals surface area contributed by atoms with Crippen LogP contribution >= 0.6 is 0 Å². The number of carboxylic acid groups (broad SMARTS) is 1. The van der Waals surface area contributed by atoms with Crippen molar-refractivity contribution < 1.29 is 38.4 Å². The molecule has 0 radical (unpaired) electrons. The molecule has 2 aromatic rings. The van der Waals surface area contributed by atoms with Gasteiger partial charge in [-0.15, -0.1) is 0 Å². The fraction of sp³-hybridized carbons (Fsp3) is 0.273. The average Bonchev–Trinajstić information content (AvgIpc) is 3.19. The topological polar surface area (TPSA) is 114 Å². The minimum Gasteiger partial charge on any atom is -0.505 e. The van der Waals surface area contributed by atoms with Crippen LogP contribution in [0.1, 0.15) is 31.4 Å². The molecule has 9 heteroatoms. The lowest BCUT2D eigenvalue weighted by Crippen LogP contribution is -2.22. The number of halogens is 1. The molecule has 1 heterocycles. The van der Waals surface area contributed by atoms with Gasteiger partial charge in [0.2, 0.25) is 6.79 Å². The van der Waals surface area contributed by atoms with Crippen molar-refractivity contribution in [3.05, 3.63) is 59.9 Å². The first kappa shape index (κ1) is 21.9. The fourth-order valence-electron chi connectivity index (χ4n) is 3.14. The van der Waals surface area contributed by atoms with Crippen LogP contribution in [0.5, 0.6) is 17.2 Å². The average molecular weight is 431 g/mol. The summed E-state index contributed by atoms with van der Waals surface area (Å²) in [5.74, 6) is -1.60. The minimum absolute atomic E-state index is 0.103. The molecule has 164 valence electrons. The summed E-state index contributed by atoms with van der Waals surface area (Å²) >= 11 is 0. The fourth-order valence-corrected chi connectivity index (χ4v) is 3.14. The van der Waals surface area contributed by atoms with E-state index in [9.17, 15) is 19.1 Å². The number of hydrogen-bond donors (Lipinski definition) is 3. The summed E-state index contributed by atoms with van der Waals surface area (Å²) in [6.45, 7) is 1.91. The Bertz CT molecular complexity index is 992. The van der Waals surface area contributed by atoms with Gasteiger partial charge in [-0.25, -0.2) is 14.0 Å². The highest BCUT2D eigenvalue weighted by molar-refractivity contribution is 5.85. The first-order chi connectivity index (χ1) is 14.8. The Kier molecular flexibility index (Phi) is 6.96. The number of aromatic hydroxyl groups is 1.